The minimum Gasteiger partial charge on any atom is -0.490 e. The van der Waals surface area contributed by atoms with Crippen molar-refractivity contribution in [2.24, 2.45) is 0 Å². The molecule has 2 rings (SSSR count). The minimum absolute atomic E-state index is 0.0787. The molecular formula is C18H15F2NO4. The van der Waals surface area contributed by atoms with E-state index < -0.39 is 12.6 Å². The molecular weight excluding hydrogens is 332 g/mol. The Balaban J connectivity index is 2.08. The third-order valence-corrected chi connectivity index (χ3v) is 3.12. The number of alkyl halides is 2. The number of ether oxygens (including phenoxy) is 3. The van der Waals surface area contributed by atoms with Gasteiger partial charge in [0.15, 0.2) is 11.5 Å². The summed E-state index contributed by atoms with van der Waals surface area (Å²) >= 11 is 0. The molecule has 0 aliphatic carbocycles. The third-order valence-electron chi connectivity index (χ3n) is 3.12. The van der Waals surface area contributed by atoms with Gasteiger partial charge in [0.2, 0.25) is 0 Å². The van der Waals surface area contributed by atoms with E-state index in [1.807, 2.05) is 6.07 Å². The van der Waals surface area contributed by atoms with Crippen LogP contribution in [0.15, 0.2) is 42.5 Å². The van der Waals surface area contributed by atoms with Gasteiger partial charge in [0, 0.05) is 0 Å². The van der Waals surface area contributed by atoms with E-state index in [1.165, 1.54) is 30.3 Å². The van der Waals surface area contributed by atoms with Crippen molar-refractivity contribution >= 4 is 5.97 Å². The predicted molar refractivity (Wildman–Crippen MR) is 84.5 cm³/mol. The number of carbonyl (C=O) groups is 1. The average Bonchev–Trinajstić information content (AvgIpc) is 2.61. The van der Waals surface area contributed by atoms with Gasteiger partial charge in [0.25, 0.3) is 0 Å². The molecule has 130 valence electrons. The maximum atomic E-state index is 12.4. The van der Waals surface area contributed by atoms with Gasteiger partial charge in [-0.05, 0) is 42.8 Å². The van der Waals surface area contributed by atoms with E-state index in [9.17, 15) is 13.6 Å². The summed E-state index contributed by atoms with van der Waals surface area (Å²) in [6, 6.07) is 12.4. The summed E-state index contributed by atoms with van der Waals surface area (Å²) in [6.45, 7) is -1.06. The van der Waals surface area contributed by atoms with E-state index in [0.717, 1.165) is 0 Å². The van der Waals surface area contributed by atoms with Crippen LogP contribution in [0.25, 0.3) is 0 Å². The van der Waals surface area contributed by atoms with Crippen molar-refractivity contribution in [2.75, 3.05) is 6.61 Å². The largest absolute Gasteiger partial charge is 0.490 e. The number of halogens is 2. The Bertz CT molecular complexity index is 787. The maximum absolute atomic E-state index is 12.4. The molecule has 7 heteroatoms. The molecule has 0 fully saturated rings. The molecule has 0 heterocycles. The molecule has 0 atom stereocenters. The van der Waals surface area contributed by atoms with Crippen LogP contribution in [-0.4, -0.2) is 19.2 Å². The quantitative estimate of drug-likeness (QED) is 0.710. The summed E-state index contributed by atoms with van der Waals surface area (Å²) in [4.78, 5) is 12.0. The van der Waals surface area contributed by atoms with Gasteiger partial charge in [-0.3, -0.25) is 0 Å². The van der Waals surface area contributed by atoms with Gasteiger partial charge in [0.1, 0.15) is 6.61 Å². The molecule has 2 aromatic carbocycles. The number of hydrogen-bond donors (Lipinski definition) is 0. The first kappa shape index (κ1) is 18.2. The number of rotatable bonds is 7. The highest BCUT2D eigenvalue weighted by molar-refractivity contribution is 5.89. The molecule has 0 amide bonds. The van der Waals surface area contributed by atoms with E-state index in [2.05, 4.69) is 4.74 Å². The first-order valence-electron chi connectivity index (χ1n) is 7.41. The van der Waals surface area contributed by atoms with Crippen LogP contribution in [0.5, 0.6) is 11.5 Å². The molecule has 0 radical (unpaired) electrons. The molecule has 0 aliphatic heterocycles. The summed E-state index contributed by atoms with van der Waals surface area (Å²) in [5.41, 5.74) is 1.15. The van der Waals surface area contributed by atoms with Gasteiger partial charge in [0.05, 0.1) is 23.8 Å². The standard InChI is InChI=1S/C18H15F2NO4/c1-2-23-16-9-13(6-7-15(16)25-18(19)20)11-24-17(22)14-5-3-4-12(8-14)10-21/h3-9,18H,2,11H2,1H3. The number of benzene rings is 2. The monoisotopic (exact) mass is 347 g/mol. The Morgan fingerprint density at radius 1 is 1.20 bits per heavy atom. The highest BCUT2D eigenvalue weighted by atomic mass is 19.3. The molecule has 0 spiro atoms. The van der Waals surface area contributed by atoms with Crippen molar-refractivity contribution in [3.05, 3.63) is 59.2 Å². The zero-order valence-electron chi connectivity index (χ0n) is 13.4. The van der Waals surface area contributed by atoms with Gasteiger partial charge in [-0.2, -0.15) is 14.0 Å². The van der Waals surface area contributed by atoms with Crippen LogP contribution in [-0.2, 0) is 11.3 Å². The third kappa shape index (κ3) is 5.18. The van der Waals surface area contributed by atoms with Crippen molar-refractivity contribution in [1.29, 1.82) is 5.26 Å². The number of nitrogens with zero attached hydrogens (tertiary/aromatic N) is 1. The fraction of sp³-hybridized carbons (Fsp3) is 0.222. The lowest BCUT2D eigenvalue weighted by molar-refractivity contribution is -0.0514. The lowest BCUT2D eigenvalue weighted by Crippen LogP contribution is -2.07. The summed E-state index contributed by atoms with van der Waals surface area (Å²) in [5, 5.41) is 8.84. The summed E-state index contributed by atoms with van der Waals surface area (Å²) in [7, 11) is 0. The normalized spacial score (nSPS) is 10.2. The van der Waals surface area contributed by atoms with Crippen LogP contribution in [0.3, 0.4) is 0 Å². The molecule has 0 aromatic heterocycles. The molecule has 0 N–H and O–H groups in total. The Labute approximate surface area is 143 Å². The van der Waals surface area contributed by atoms with Crippen molar-refractivity contribution in [1.82, 2.24) is 0 Å². The molecule has 0 unspecified atom stereocenters. The average molecular weight is 347 g/mol. The molecule has 0 saturated heterocycles. The Morgan fingerprint density at radius 2 is 2.00 bits per heavy atom. The fourth-order valence-electron chi connectivity index (χ4n) is 2.05. The SMILES string of the molecule is CCOc1cc(COC(=O)c2cccc(C#N)c2)ccc1OC(F)F. The van der Waals surface area contributed by atoms with Crippen LogP contribution in [0.1, 0.15) is 28.4 Å². The van der Waals surface area contributed by atoms with Gasteiger partial charge in [-0.25, -0.2) is 4.79 Å². The van der Waals surface area contributed by atoms with Crippen LogP contribution >= 0.6 is 0 Å². The van der Waals surface area contributed by atoms with E-state index in [-0.39, 0.29) is 30.3 Å². The Hall–Kier alpha value is -3.14. The van der Waals surface area contributed by atoms with Gasteiger partial charge < -0.3 is 14.2 Å². The summed E-state index contributed by atoms with van der Waals surface area (Å²) < 4.78 is 39.6. The van der Waals surface area contributed by atoms with Crippen molar-refractivity contribution < 1.29 is 27.8 Å². The second-order valence-corrected chi connectivity index (χ2v) is 4.86. The highest BCUT2D eigenvalue weighted by Gasteiger charge is 2.13. The zero-order valence-corrected chi connectivity index (χ0v) is 13.4. The van der Waals surface area contributed by atoms with Crippen LogP contribution < -0.4 is 9.47 Å². The first-order chi connectivity index (χ1) is 12.0. The molecule has 0 aliphatic rings. The van der Waals surface area contributed by atoms with Gasteiger partial charge >= 0.3 is 12.6 Å². The van der Waals surface area contributed by atoms with E-state index in [4.69, 9.17) is 14.7 Å². The molecule has 2 aromatic rings. The molecule has 25 heavy (non-hydrogen) atoms. The predicted octanol–water partition coefficient (Wildman–Crippen LogP) is 3.92. The van der Waals surface area contributed by atoms with Crippen molar-refractivity contribution in [3.63, 3.8) is 0 Å². The lowest BCUT2D eigenvalue weighted by Gasteiger charge is -2.13. The van der Waals surface area contributed by atoms with Crippen LogP contribution in [0.4, 0.5) is 8.78 Å². The van der Waals surface area contributed by atoms with Gasteiger partial charge in [-0.1, -0.05) is 12.1 Å². The number of hydrogen-bond acceptors (Lipinski definition) is 5. The molecule has 0 saturated carbocycles. The van der Waals surface area contributed by atoms with E-state index >= 15 is 0 Å². The molecule has 5 nitrogen and oxygen atoms in total. The summed E-state index contributed by atoms with van der Waals surface area (Å²) in [6.07, 6.45) is 0. The summed E-state index contributed by atoms with van der Waals surface area (Å²) in [5.74, 6) is -0.542. The van der Waals surface area contributed by atoms with Gasteiger partial charge in [-0.15, -0.1) is 0 Å². The fourth-order valence-corrected chi connectivity index (χ4v) is 2.05. The number of nitriles is 1. The second kappa shape index (κ2) is 8.64. The number of carbonyl (C=O) groups excluding carboxylic acids is 1. The minimum atomic E-state index is -2.96. The Morgan fingerprint density at radius 3 is 2.68 bits per heavy atom. The van der Waals surface area contributed by atoms with Crippen LogP contribution in [0, 0.1) is 11.3 Å². The smallest absolute Gasteiger partial charge is 0.387 e. The van der Waals surface area contributed by atoms with Crippen molar-refractivity contribution in [2.45, 2.75) is 20.1 Å². The Kier molecular flexibility index (Phi) is 6.29. The molecule has 0 bridgehead atoms. The highest BCUT2D eigenvalue weighted by Crippen LogP contribution is 2.30. The topological polar surface area (TPSA) is 68.5 Å². The zero-order chi connectivity index (χ0) is 18.2. The maximum Gasteiger partial charge on any atom is 0.387 e. The van der Waals surface area contributed by atoms with E-state index in [0.29, 0.717) is 11.1 Å². The lowest BCUT2D eigenvalue weighted by atomic mass is 10.1. The second-order valence-electron chi connectivity index (χ2n) is 4.86. The number of esters is 1. The van der Waals surface area contributed by atoms with Crippen molar-refractivity contribution in [3.8, 4) is 17.6 Å². The first-order valence-corrected chi connectivity index (χ1v) is 7.41. The van der Waals surface area contributed by atoms with E-state index in [1.54, 1.807) is 19.1 Å². The van der Waals surface area contributed by atoms with Crippen LogP contribution in [0.2, 0.25) is 0 Å².